The van der Waals surface area contributed by atoms with Crippen LogP contribution in [0.25, 0.3) is 0 Å². The zero-order chi connectivity index (χ0) is 15.4. The molecule has 1 aromatic rings. The number of benzene rings is 1. The van der Waals surface area contributed by atoms with Crippen molar-refractivity contribution in [3.05, 3.63) is 35.4 Å². The van der Waals surface area contributed by atoms with Crippen LogP contribution < -0.4 is 5.32 Å². The van der Waals surface area contributed by atoms with E-state index in [1.54, 1.807) is 0 Å². The molecule has 112 valence electrons. The average Bonchev–Trinajstić information content (AvgIpc) is 2.26. The van der Waals surface area contributed by atoms with Crippen molar-refractivity contribution in [1.29, 1.82) is 0 Å². The Morgan fingerprint density at radius 1 is 1.10 bits per heavy atom. The number of hydrogen-bond acceptors (Lipinski definition) is 2. The van der Waals surface area contributed by atoms with Crippen LogP contribution in [0.3, 0.4) is 0 Å². The summed E-state index contributed by atoms with van der Waals surface area (Å²) in [5.74, 6) is -0.617. The molecule has 1 rings (SSSR count). The largest absolute Gasteiger partial charge is 0.416 e. The molecule has 0 aliphatic rings. The topological polar surface area (TPSA) is 29.1 Å². The minimum Gasteiger partial charge on any atom is -0.302 e. The van der Waals surface area contributed by atoms with Gasteiger partial charge in [0.2, 0.25) is 0 Å². The number of hydrogen-bond donors (Lipinski definition) is 1. The second-order valence-corrected chi connectivity index (χ2v) is 4.13. The number of carbonyl (C=O) groups excluding carboxylic acids is 1. The first kappa shape index (κ1) is 16.5. The predicted octanol–water partition coefficient (Wildman–Crippen LogP) is 2.97. The molecule has 0 fully saturated rings. The Morgan fingerprint density at radius 2 is 1.75 bits per heavy atom. The Kier molecular flexibility index (Phi) is 5.15. The lowest BCUT2D eigenvalue weighted by Crippen LogP contribution is -2.33. The third-order valence-electron chi connectivity index (χ3n) is 2.30. The number of rotatable bonds is 5. The summed E-state index contributed by atoms with van der Waals surface area (Å²) in [7, 11) is 0. The summed E-state index contributed by atoms with van der Waals surface area (Å²) in [6.45, 7) is -1.86. The van der Waals surface area contributed by atoms with E-state index in [1.807, 2.05) is 5.32 Å². The third-order valence-corrected chi connectivity index (χ3v) is 2.30. The van der Waals surface area contributed by atoms with Gasteiger partial charge in [-0.2, -0.15) is 26.3 Å². The van der Waals surface area contributed by atoms with Crippen LogP contribution >= 0.6 is 0 Å². The highest BCUT2D eigenvalue weighted by Gasteiger charge is 2.30. The van der Waals surface area contributed by atoms with E-state index in [0.717, 1.165) is 18.2 Å². The van der Waals surface area contributed by atoms with Gasteiger partial charge in [-0.1, -0.05) is 18.2 Å². The number of ketones is 1. The first-order valence-corrected chi connectivity index (χ1v) is 5.53. The SMILES string of the molecule is O=C(CNCC(F)(F)F)Cc1cccc(C(F)(F)F)c1. The van der Waals surface area contributed by atoms with Gasteiger partial charge in [0.25, 0.3) is 0 Å². The maximum atomic E-state index is 12.4. The molecular formula is C12H11F6NO. The molecule has 0 radical (unpaired) electrons. The lowest BCUT2D eigenvalue weighted by atomic mass is 10.1. The summed E-state index contributed by atoms with van der Waals surface area (Å²) in [5.41, 5.74) is -0.787. The second-order valence-electron chi connectivity index (χ2n) is 4.13. The van der Waals surface area contributed by atoms with E-state index in [0.29, 0.717) is 0 Å². The first-order chi connectivity index (χ1) is 9.08. The second kappa shape index (κ2) is 6.25. The molecule has 0 aliphatic heterocycles. The van der Waals surface area contributed by atoms with Crippen molar-refractivity contribution in [1.82, 2.24) is 5.32 Å². The van der Waals surface area contributed by atoms with Gasteiger partial charge in [-0.05, 0) is 11.6 Å². The molecule has 1 N–H and O–H groups in total. The van der Waals surface area contributed by atoms with Gasteiger partial charge in [-0.15, -0.1) is 0 Å². The van der Waals surface area contributed by atoms with Gasteiger partial charge in [0.1, 0.15) is 0 Å². The minimum atomic E-state index is -4.52. The molecule has 0 aromatic heterocycles. The fourth-order valence-corrected chi connectivity index (χ4v) is 1.49. The van der Waals surface area contributed by atoms with Crippen LogP contribution in [0.2, 0.25) is 0 Å². The highest BCUT2D eigenvalue weighted by molar-refractivity contribution is 5.82. The zero-order valence-electron chi connectivity index (χ0n) is 10.1. The molecule has 0 saturated heterocycles. The average molecular weight is 299 g/mol. The standard InChI is InChI=1S/C12H11F6NO/c13-11(14,15)7-19-6-10(20)5-8-2-1-3-9(4-8)12(16,17)18/h1-4,19H,5-7H2. The summed E-state index contributed by atoms with van der Waals surface area (Å²) in [6, 6.07) is 4.13. The van der Waals surface area contributed by atoms with Crippen LogP contribution in [-0.2, 0) is 17.4 Å². The molecule has 0 bridgehead atoms. The summed E-state index contributed by atoms with van der Waals surface area (Å²) >= 11 is 0. The van der Waals surface area contributed by atoms with Crippen LogP contribution in [0.1, 0.15) is 11.1 Å². The maximum Gasteiger partial charge on any atom is 0.416 e. The lowest BCUT2D eigenvalue weighted by molar-refractivity contribution is -0.137. The molecule has 0 unspecified atom stereocenters. The number of carbonyl (C=O) groups is 1. The predicted molar refractivity (Wildman–Crippen MR) is 59.1 cm³/mol. The van der Waals surface area contributed by atoms with Crippen molar-refractivity contribution in [2.75, 3.05) is 13.1 Å². The van der Waals surface area contributed by atoms with E-state index in [9.17, 15) is 31.1 Å². The maximum absolute atomic E-state index is 12.4. The Morgan fingerprint density at radius 3 is 2.30 bits per heavy atom. The van der Waals surface area contributed by atoms with Crippen LogP contribution in [0, 0.1) is 0 Å². The fraction of sp³-hybridized carbons (Fsp3) is 0.417. The smallest absolute Gasteiger partial charge is 0.302 e. The van der Waals surface area contributed by atoms with Crippen molar-refractivity contribution >= 4 is 5.78 Å². The molecule has 0 aliphatic carbocycles. The molecule has 20 heavy (non-hydrogen) atoms. The van der Waals surface area contributed by atoms with Crippen molar-refractivity contribution in [2.45, 2.75) is 18.8 Å². The van der Waals surface area contributed by atoms with Crippen molar-refractivity contribution in [2.24, 2.45) is 0 Å². The van der Waals surface area contributed by atoms with E-state index in [-0.39, 0.29) is 12.0 Å². The van der Waals surface area contributed by atoms with E-state index in [4.69, 9.17) is 0 Å². The summed E-state index contributed by atoms with van der Waals surface area (Å²) in [4.78, 5) is 11.3. The summed E-state index contributed by atoms with van der Waals surface area (Å²) < 4.78 is 72.7. The van der Waals surface area contributed by atoms with Gasteiger partial charge in [0.15, 0.2) is 5.78 Å². The molecule has 0 spiro atoms. The van der Waals surface area contributed by atoms with Crippen LogP contribution in [0.5, 0.6) is 0 Å². The van der Waals surface area contributed by atoms with Gasteiger partial charge in [0, 0.05) is 6.42 Å². The van der Waals surface area contributed by atoms with E-state index < -0.39 is 36.8 Å². The van der Waals surface area contributed by atoms with Gasteiger partial charge in [-0.3, -0.25) is 4.79 Å². The van der Waals surface area contributed by atoms with Crippen molar-refractivity contribution in [3.8, 4) is 0 Å². The zero-order valence-corrected chi connectivity index (χ0v) is 10.1. The van der Waals surface area contributed by atoms with Crippen LogP contribution in [-0.4, -0.2) is 25.0 Å². The van der Waals surface area contributed by atoms with E-state index in [1.165, 1.54) is 6.07 Å². The summed E-state index contributed by atoms with van der Waals surface area (Å²) in [6.07, 6.45) is -9.31. The van der Waals surface area contributed by atoms with Crippen molar-refractivity contribution < 1.29 is 31.1 Å². The molecule has 0 heterocycles. The van der Waals surface area contributed by atoms with Gasteiger partial charge < -0.3 is 5.32 Å². The number of Topliss-reactive ketones (excluding diaryl/α,β-unsaturated/α-hetero) is 1. The fourth-order valence-electron chi connectivity index (χ4n) is 1.49. The molecule has 0 saturated carbocycles. The molecule has 2 nitrogen and oxygen atoms in total. The molecule has 1 aromatic carbocycles. The monoisotopic (exact) mass is 299 g/mol. The molecule has 0 amide bonds. The number of nitrogens with one attached hydrogen (secondary N) is 1. The Balaban J connectivity index is 2.54. The lowest BCUT2D eigenvalue weighted by Gasteiger charge is -2.09. The Bertz CT molecular complexity index is 466. The molecule has 8 heteroatoms. The van der Waals surface area contributed by atoms with E-state index in [2.05, 4.69) is 0 Å². The normalized spacial score (nSPS) is 12.5. The van der Waals surface area contributed by atoms with E-state index >= 15 is 0 Å². The molecular weight excluding hydrogens is 288 g/mol. The van der Waals surface area contributed by atoms with Crippen LogP contribution in [0.15, 0.2) is 24.3 Å². The van der Waals surface area contributed by atoms with Gasteiger partial charge in [0.05, 0.1) is 18.7 Å². The summed E-state index contributed by atoms with van der Waals surface area (Å²) in [5, 5.41) is 1.89. The van der Waals surface area contributed by atoms with Gasteiger partial charge in [-0.25, -0.2) is 0 Å². The van der Waals surface area contributed by atoms with Crippen molar-refractivity contribution in [3.63, 3.8) is 0 Å². The molecule has 0 atom stereocenters. The minimum absolute atomic E-state index is 0.110. The highest BCUT2D eigenvalue weighted by Crippen LogP contribution is 2.29. The Labute approximate surface area is 110 Å². The quantitative estimate of drug-likeness (QED) is 0.847. The third kappa shape index (κ3) is 6.05. The highest BCUT2D eigenvalue weighted by atomic mass is 19.4. The number of halogens is 6. The Hall–Kier alpha value is -1.57. The number of alkyl halides is 6. The van der Waals surface area contributed by atoms with Gasteiger partial charge >= 0.3 is 12.4 Å². The van der Waals surface area contributed by atoms with Crippen LogP contribution in [0.4, 0.5) is 26.3 Å². The first-order valence-electron chi connectivity index (χ1n) is 5.53.